The summed E-state index contributed by atoms with van der Waals surface area (Å²) in [5.41, 5.74) is 5.83. The second kappa shape index (κ2) is 12.3. The van der Waals surface area contributed by atoms with E-state index in [0.717, 1.165) is 25.4 Å². The van der Waals surface area contributed by atoms with Crippen LogP contribution >= 0.6 is 0 Å². The molecule has 0 aliphatic rings. The zero-order valence-corrected chi connectivity index (χ0v) is 13.2. The summed E-state index contributed by atoms with van der Waals surface area (Å²) in [4.78, 5) is 4.26. The number of nitrogens with one attached hydrogen (secondary N) is 1. The Bertz CT molecular complexity index is 229. The second-order valence-corrected chi connectivity index (χ2v) is 5.60. The molecule has 0 spiro atoms. The number of nitrogens with zero attached hydrogens (tertiary/aromatic N) is 1. The van der Waals surface area contributed by atoms with Gasteiger partial charge in [-0.2, -0.15) is 0 Å². The zero-order valence-electron chi connectivity index (χ0n) is 13.2. The molecule has 114 valence electrons. The number of hydrogen-bond donors (Lipinski definition) is 2. The van der Waals surface area contributed by atoms with Crippen LogP contribution in [0.5, 0.6) is 0 Å². The van der Waals surface area contributed by atoms with E-state index in [1.54, 1.807) is 0 Å². The Hall–Kier alpha value is -0.770. The molecule has 0 bridgehead atoms. The van der Waals surface area contributed by atoms with Crippen molar-refractivity contribution in [2.45, 2.75) is 65.8 Å². The van der Waals surface area contributed by atoms with Crippen molar-refractivity contribution in [2.75, 3.05) is 19.8 Å². The van der Waals surface area contributed by atoms with Gasteiger partial charge in [-0.05, 0) is 25.7 Å². The minimum absolute atomic E-state index is 0.392. The molecule has 0 aliphatic carbocycles. The van der Waals surface area contributed by atoms with Gasteiger partial charge in [-0.1, -0.05) is 40.0 Å². The van der Waals surface area contributed by atoms with Gasteiger partial charge in [0.25, 0.3) is 0 Å². The average Bonchev–Trinajstić information content (AvgIpc) is 2.33. The van der Waals surface area contributed by atoms with E-state index < -0.39 is 0 Å². The molecule has 0 fully saturated rings. The normalized spacial score (nSPS) is 13.8. The highest BCUT2D eigenvalue weighted by Crippen LogP contribution is 2.07. The van der Waals surface area contributed by atoms with Crippen LogP contribution in [0.3, 0.4) is 0 Å². The Morgan fingerprint density at radius 1 is 1.16 bits per heavy atom. The third kappa shape index (κ3) is 13.5. The van der Waals surface area contributed by atoms with Gasteiger partial charge < -0.3 is 15.8 Å². The molecule has 0 radical (unpaired) electrons. The van der Waals surface area contributed by atoms with Crippen molar-refractivity contribution in [3.8, 4) is 0 Å². The molecule has 0 aliphatic heterocycles. The molecule has 4 nitrogen and oxygen atoms in total. The number of unbranched alkanes of at least 4 members (excludes halogenated alkanes) is 1. The first-order valence-electron chi connectivity index (χ1n) is 7.70. The highest BCUT2D eigenvalue weighted by Gasteiger charge is 2.03. The Balaban J connectivity index is 3.56. The molecule has 0 aromatic carbocycles. The van der Waals surface area contributed by atoms with Gasteiger partial charge in [-0.3, -0.25) is 4.99 Å². The van der Waals surface area contributed by atoms with Gasteiger partial charge in [-0.15, -0.1) is 0 Å². The lowest BCUT2D eigenvalue weighted by Gasteiger charge is -2.15. The van der Waals surface area contributed by atoms with Crippen molar-refractivity contribution in [3.63, 3.8) is 0 Å². The van der Waals surface area contributed by atoms with E-state index in [2.05, 4.69) is 38.0 Å². The predicted octanol–water partition coefficient (Wildman–Crippen LogP) is 2.92. The third-order valence-electron chi connectivity index (χ3n) is 2.97. The summed E-state index contributed by atoms with van der Waals surface area (Å²) < 4.78 is 5.43. The van der Waals surface area contributed by atoms with Crippen molar-refractivity contribution in [1.82, 2.24) is 5.32 Å². The van der Waals surface area contributed by atoms with Crippen LogP contribution in [0.2, 0.25) is 0 Å². The molecule has 0 rings (SSSR count). The van der Waals surface area contributed by atoms with Gasteiger partial charge in [0.1, 0.15) is 0 Å². The highest BCUT2D eigenvalue weighted by atomic mass is 16.5. The Morgan fingerprint density at radius 3 is 2.53 bits per heavy atom. The first-order valence-corrected chi connectivity index (χ1v) is 7.70. The first-order chi connectivity index (χ1) is 9.06. The molecule has 1 atom stereocenters. The lowest BCUT2D eigenvalue weighted by atomic mass is 10.0. The second-order valence-electron chi connectivity index (χ2n) is 5.60. The maximum Gasteiger partial charge on any atom is 0.188 e. The van der Waals surface area contributed by atoms with E-state index in [9.17, 15) is 0 Å². The van der Waals surface area contributed by atoms with Gasteiger partial charge in [0.2, 0.25) is 0 Å². The summed E-state index contributed by atoms with van der Waals surface area (Å²) in [5, 5.41) is 3.23. The molecule has 0 amide bonds. The Morgan fingerprint density at radius 2 is 1.89 bits per heavy atom. The largest absolute Gasteiger partial charge is 0.380 e. The van der Waals surface area contributed by atoms with Gasteiger partial charge in [0, 0.05) is 12.6 Å². The van der Waals surface area contributed by atoms with Crippen molar-refractivity contribution in [2.24, 2.45) is 16.6 Å². The molecule has 1 unspecified atom stereocenters. The minimum Gasteiger partial charge on any atom is -0.380 e. The SMILES string of the molecule is CCCCOCCN=C(N)NC(C)CCCC(C)C. The topological polar surface area (TPSA) is 59.6 Å². The van der Waals surface area contributed by atoms with Crippen molar-refractivity contribution in [3.05, 3.63) is 0 Å². The molecule has 0 saturated carbocycles. The standard InChI is InChI=1S/C15H33N3O/c1-5-6-11-19-12-10-17-15(16)18-14(4)9-7-8-13(2)3/h13-14H,5-12H2,1-4H3,(H3,16,17,18). The molecule has 0 saturated heterocycles. The van der Waals surface area contributed by atoms with Crippen LogP contribution in [-0.2, 0) is 4.74 Å². The molecular formula is C15H33N3O. The first kappa shape index (κ1) is 18.2. The smallest absolute Gasteiger partial charge is 0.188 e. The van der Waals surface area contributed by atoms with E-state index in [1.165, 1.54) is 19.3 Å². The number of hydrogen-bond acceptors (Lipinski definition) is 2. The van der Waals surface area contributed by atoms with E-state index in [4.69, 9.17) is 10.5 Å². The lowest BCUT2D eigenvalue weighted by molar-refractivity contribution is 0.139. The molecular weight excluding hydrogens is 238 g/mol. The number of ether oxygens (including phenoxy) is 1. The molecule has 3 N–H and O–H groups in total. The van der Waals surface area contributed by atoms with Crippen LogP contribution in [0.25, 0.3) is 0 Å². The fourth-order valence-electron chi connectivity index (χ4n) is 1.78. The van der Waals surface area contributed by atoms with Crippen LogP contribution in [0.1, 0.15) is 59.8 Å². The van der Waals surface area contributed by atoms with E-state index in [-0.39, 0.29) is 0 Å². The summed E-state index contributed by atoms with van der Waals surface area (Å²) in [6.07, 6.45) is 5.93. The Labute approximate surface area is 119 Å². The lowest BCUT2D eigenvalue weighted by Crippen LogP contribution is -2.38. The zero-order chi connectivity index (χ0) is 14.5. The number of nitrogens with two attached hydrogens (primary N) is 1. The fourth-order valence-corrected chi connectivity index (χ4v) is 1.78. The number of aliphatic imine (C=N–C) groups is 1. The summed E-state index contributed by atoms with van der Waals surface area (Å²) in [5.74, 6) is 1.31. The molecule has 0 aromatic rings. The number of guanidine groups is 1. The summed E-state index contributed by atoms with van der Waals surface area (Å²) >= 11 is 0. The van der Waals surface area contributed by atoms with E-state index in [0.29, 0.717) is 25.2 Å². The van der Waals surface area contributed by atoms with Gasteiger partial charge >= 0.3 is 0 Å². The van der Waals surface area contributed by atoms with Crippen molar-refractivity contribution >= 4 is 5.96 Å². The fraction of sp³-hybridized carbons (Fsp3) is 0.933. The van der Waals surface area contributed by atoms with Crippen molar-refractivity contribution in [1.29, 1.82) is 0 Å². The minimum atomic E-state index is 0.392. The quantitative estimate of drug-likeness (QED) is 0.345. The summed E-state index contributed by atoms with van der Waals surface area (Å²) in [7, 11) is 0. The van der Waals surface area contributed by atoms with Gasteiger partial charge in [0.15, 0.2) is 5.96 Å². The summed E-state index contributed by atoms with van der Waals surface area (Å²) in [6, 6.07) is 0.392. The third-order valence-corrected chi connectivity index (χ3v) is 2.97. The van der Waals surface area contributed by atoms with E-state index in [1.807, 2.05) is 0 Å². The van der Waals surface area contributed by atoms with Crippen LogP contribution in [0.4, 0.5) is 0 Å². The molecule has 19 heavy (non-hydrogen) atoms. The van der Waals surface area contributed by atoms with Crippen molar-refractivity contribution < 1.29 is 4.74 Å². The maximum absolute atomic E-state index is 5.83. The average molecular weight is 271 g/mol. The van der Waals surface area contributed by atoms with Crippen LogP contribution in [0, 0.1) is 5.92 Å². The predicted molar refractivity (Wildman–Crippen MR) is 83.5 cm³/mol. The van der Waals surface area contributed by atoms with Gasteiger partial charge in [-0.25, -0.2) is 0 Å². The Kier molecular flexibility index (Phi) is 11.8. The van der Waals surface area contributed by atoms with Crippen LogP contribution < -0.4 is 11.1 Å². The van der Waals surface area contributed by atoms with E-state index >= 15 is 0 Å². The van der Waals surface area contributed by atoms with Gasteiger partial charge in [0.05, 0.1) is 13.2 Å². The summed E-state index contributed by atoms with van der Waals surface area (Å²) in [6.45, 7) is 10.9. The maximum atomic E-state index is 5.83. The van der Waals surface area contributed by atoms with Crippen LogP contribution in [0.15, 0.2) is 4.99 Å². The highest BCUT2D eigenvalue weighted by molar-refractivity contribution is 5.78. The molecule has 4 heteroatoms. The molecule has 0 aromatic heterocycles. The monoisotopic (exact) mass is 271 g/mol. The number of rotatable bonds is 11. The van der Waals surface area contributed by atoms with Crippen LogP contribution in [-0.4, -0.2) is 31.8 Å². The molecule has 0 heterocycles.